The summed E-state index contributed by atoms with van der Waals surface area (Å²) in [6.45, 7) is 6.06. The number of carbonyl (C=O) groups excluding carboxylic acids is 1. The highest BCUT2D eigenvalue weighted by Gasteiger charge is 2.62. The van der Waals surface area contributed by atoms with Crippen molar-refractivity contribution in [3.8, 4) is 11.5 Å². The van der Waals surface area contributed by atoms with Gasteiger partial charge in [-0.3, -0.25) is 4.79 Å². The Hall–Kier alpha value is -2.01. The first-order valence-electron chi connectivity index (χ1n) is 16.3. The van der Waals surface area contributed by atoms with E-state index in [0.717, 1.165) is 62.0 Å². The lowest BCUT2D eigenvalue weighted by atomic mass is 9.47. The Balaban J connectivity index is 1.24. The number of rotatable bonds is 7. The predicted molar refractivity (Wildman–Crippen MR) is 162 cm³/mol. The van der Waals surface area contributed by atoms with Gasteiger partial charge in [-0.05, 0) is 105 Å². The van der Waals surface area contributed by atoms with Gasteiger partial charge in [-0.15, -0.1) is 0 Å². The summed E-state index contributed by atoms with van der Waals surface area (Å²) in [6.07, 6.45) is 2.34. The number of aliphatic hydroxyl groups excluding tert-OH is 4. The second kappa shape index (κ2) is 12.0. The van der Waals surface area contributed by atoms with E-state index in [1.807, 2.05) is 12.1 Å². The molecule has 0 aromatic heterocycles. The maximum Gasteiger partial charge on any atom is 0.186 e. The molecule has 44 heavy (non-hydrogen) atoms. The summed E-state index contributed by atoms with van der Waals surface area (Å²) in [5.41, 5.74) is 2.40. The minimum atomic E-state index is -1.45. The van der Waals surface area contributed by atoms with Crippen LogP contribution in [0.1, 0.15) is 77.2 Å². The van der Waals surface area contributed by atoms with Crippen molar-refractivity contribution in [2.45, 2.75) is 108 Å². The van der Waals surface area contributed by atoms with Crippen LogP contribution in [0.4, 0.5) is 0 Å². The lowest BCUT2D eigenvalue weighted by Gasteiger charge is -2.58. The largest absolute Gasteiger partial charge is 0.497 e. The molecule has 1 aromatic rings. The second-order valence-corrected chi connectivity index (χ2v) is 14.5. The fraction of sp³-hybridized carbons (Fsp3) is 0.743. The fourth-order valence-corrected chi connectivity index (χ4v) is 10.3. The van der Waals surface area contributed by atoms with Crippen LogP contribution in [0.15, 0.2) is 29.8 Å². The van der Waals surface area contributed by atoms with Crippen LogP contribution >= 0.6 is 0 Å². The van der Waals surface area contributed by atoms with Gasteiger partial charge >= 0.3 is 0 Å². The van der Waals surface area contributed by atoms with Gasteiger partial charge in [0, 0.05) is 11.5 Å². The van der Waals surface area contributed by atoms with Gasteiger partial charge in [0.25, 0.3) is 0 Å². The molecule has 4 fully saturated rings. The number of hydrogen-bond acceptors (Lipinski definition) is 9. The first-order valence-corrected chi connectivity index (χ1v) is 16.3. The van der Waals surface area contributed by atoms with Crippen LogP contribution in [0.2, 0.25) is 0 Å². The SMILES string of the molecule is COc1ccc(OC)c(C2CC3C4CC=C5CC(OC6O[C@H](CO)C(O)[C@H](O)[C@H]6O)CCC5(C)C4CCC3(C)C2C(C)=O)c1. The summed E-state index contributed by atoms with van der Waals surface area (Å²) >= 11 is 0. The number of aliphatic hydroxyl groups is 4. The van der Waals surface area contributed by atoms with E-state index in [1.54, 1.807) is 21.1 Å². The van der Waals surface area contributed by atoms with E-state index >= 15 is 0 Å². The number of carbonyl (C=O) groups is 1. The lowest BCUT2D eigenvalue weighted by molar-refractivity contribution is -0.313. The van der Waals surface area contributed by atoms with Gasteiger partial charge in [0.2, 0.25) is 0 Å². The zero-order valence-corrected chi connectivity index (χ0v) is 26.6. The Morgan fingerprint density at radius 3 is 2.48 bits per heavy atom. The monoisotopic (exact) mass is 614 g/mol. The van der Waals surface area contributed by atoms with Crippen molar-refractivity contribution in [3.63, 3.8) is 0 Å². The zero-order valence-electron chi connectivity index (χ0n) is 26.6. The zero-order chi connectivity index (χ0) is 31.6. The van der Waals surface area contributed by atoms with Crippen molar-refractivity contribution < 1.29 is 44.2 Å². The summed E-state index contributed by atoms with van der Waals surface area (Å²) in [5, 5.41) is 40.5. The predicted octanol–water partition coefficient (Wildman–Crippen LogP) is 3.75. The molecule has 5 aliphatic rings. The molecule has 9 nitrogen and oxygen atoms in total. The smallest absolute Gasteiger partial charge is 0.186 e. The van der Waals surface area contributed by atoms with Crippen molar-refractivity contribution in [2.75, 3.05) is 20.8 Å². The molecule has 4 N–H and O–H groups in total. The van der Waals surface area contributed by atoms with E-state index in [1.165, 1.54) is 5.57 Å². The van der Waals surface area contributed by atoms with Gasteiger partial charge in [0.15, 0.2) is 6.29 Å². The molecule has 0 spiro atoms. The molecule has 1 aromatic carbocycles. The van der Waals surface area contributed by atoms with Gasteiger partial charge in [-0.2, -0.15) is 0 Å². The van der Waals surface area contributed by atoms with Crippen molar-refractivity contribution in [1.82, 2.24) is 0 Å². The van der Waals surface area contributed by atoms with Crippen LogP contribution in [0.25, 0.3) is 0 Å². The first-order chi connectivity index (χ1) is 21.0. The van der Waals surface area contributed by atoms with Crippen molar-refractivity contribution in [2.24, 2.45) is 34.5 Å². The Morgan fingerprint density at radius 1 is 1.02 bits per heavy atom. The Labute approximate surface area is 260 Å². The molecular weight excluding hydrogens is 564 g/mol. The summed E-state index contributed by atoms with van der Waals surface area (Å²) in [5.74, 6) is 3.25. The number of benzene rings is 1. The molecule has 1 saturated heterocycles. The maximum absolute atomic E-state index is 13.4. The molecule has 0 bridgehead atoms. The number of fused-ring (bicyclic) bond motifs is 5. The van der Waals surface area contributed by atoms with Crippen molar-refractivity contribution >= 4 is 5.78 Å². The fourth-order valence-electron chi connectivity index (χ4n) is 10.3. The standard InChI is InChI=1S/C35H50O9/c1-18(37)29-24(23-15-20(41-4)7-9-27(23)42-5)16-26-22-8-6-19-14-21(10-12-34(19,2)25(22)11-13-35(26,29)3)43-33-32(40)31(39)30(38)28(17-36)44-33/h6-7,9,15,21-22,24-26,28-33,36,38-40H,8,10-14,16-17H2,1-5H3/t21?,22?,24?,25?,26?,28-,29?,30?,31+,32-,33?,34?,35?/m1/s1. The van der Waals surface area contributed by atoms with Crippen LogP contribution in [-0.4, -0.2) is 83.8 Å². The van der Waals surface area contributed by atoms with E-state index in [9.17, 15) is 25.2 Å². The molecule has 244 valence electrons. The minimum absolute atomic E-state index is 0.0248. The maximum atomic E-state index is 13.4. The number of allylic oxidation sites excluding steroid dienone is 1. The van der Waals surface area contributed by atoms with Crippen LogP contribution in [0, 0.1) is 34.5 Å². The number of methoxy groups -OCH3 is 2. The highest BCUT2D eigenvalue weighted by Crippen LogP contribution is 2.69. The quantitative estimate of drug-likeness (QED) is 0.339. The van der Waals surface area contributed by atoms with Crippen LogP contribution in [0.3, 0.4) is 0 Å². The van der Waals surface area contributed by atoms with Crippen LogP contribution < -0.4 is 9.47 Å². The number of ether oxygens (including phenoxy) is 4. The Bertz CT molecular complexity index is 1260. The summed E-state index contributed by atoms with van der Waals surface area (Å²) in [4.78, 5) is 13.4. The van der Waals surface area contributed by atoms with Crippen LogP contribution in [0.5, 0.6) is 11.5 Å². The molecule has 10 unspecified atom stereocenters. The molecular formula is C35H50O9. The third-order valence-corrected chi connectivity index (χ3v) is 12.6. The summed E-state index contributed by atoms with van der Waals surface area (Å²) < 4.78 is 23.2. The Kier molecular flexibility index (Phi) is 8.70. The number of Topliss-reactive ketones (excluding diaryl/α,β-unsaturated/α-hetero) is 1. The van der Waals surface area contributed by atoms with Crippen molar-refractivity contribution in [3.05, 3.63) is 35.4 Å². The molecule has 13 atom stereocenters. The molecule has 0 radical (unpaired) electrons. The molecule has 6 rings (SSSR count). The van der Waals surface area contributed by atoms with Crippen LogP contribution in [-0.2, 0) is 14.3 Å². The third kappa shape index (κ3) is 5.03. The van der Waals surface area contributed by atoms with E-state index in [4.69, 9.17) is 18.9 Å². The Morgan fingerprint density at radius 2 is 1.80 bits per heavy atom. The average molecular weight is 615 g/mol. The average Bonchev–Trinajstić information content (AvgIpc) is 3.34. The highest BCUT2D eigenvalue weighted by molar-refractivity contribution is 5.81. The van der Waals surface area contributed by atoms with Gasteiger partial charge in [-0.1, -0.05) is 25.5 Å². The first kappa shape index (κ1) is 32.0. The van der Waals surface area contributed by atoms with Gasteiger partial charge < -0.3 is 39.4 Å². The molecule has 1 heterocycles. The molecule has 9 heteroatoms. The lowest BCUT2D eigenvalue weighted by Crippen LogP contribution is -2.60. The van der Waals surface area contributed by atoms with E-state index in [0.29, 0.717) is 17.8 Å². The topological polar surface area (TPSA) is 135 Å². The van der Waals surface area contributed by atoms with Gasteiger partial charge in [0.1, 0.15) is 41.7 Å². The normalized spacial score (nSPS) is 45.0. The molecule has 3 saturated carbocycles. The van der Waals surface area contributed by atoms with E-state index in [2.05, 4.69) is 26.0 Å². The molecule has 4 aliphatic carbocycles. The second-order valence-electron chi connectivity index (χ2n) is 14.5. The number of ketones is 1. The van der Waals surface area contributed by atoms with E-state index in [-0.39, 0.29) is 34.6 Å². The van der Waals surface area contributed by atoms with Gasteiger partial charge in [-0.25, -0.2) is 0 Å². The minimum Gasteiger partial charge on any atom is -0.497 e. The molecule has 1 aliphatic heterocycles. The molecule has 0 amide bonds. The third-order valence-electron chi connectivity index (χ3n) is 12.6. The summed E-state index contributed by atoms with van der Waals surface area (Å²) in [7, 11) is 3.37. The van der Waals surface area contributed by atoms with Crippen molar-refractivity contribution in [1.29, 1.82) is 0 Å². The van der Waals surface area contributed by atoms with E-state index < -0.39 is 37.3 Å². The highest BCUT2D eigenvalue weighted by atomic mass is 16.7. The number of hydrogen-bond donors (Lipinski definition) is 4. The summed E-state index contributed by atoms with van der Waals surface area (Å²) in [6, 6.07) is 5.94. The van der Waals surface area contributed by atoms with Gasteiger partial charge in [0.05, 0.1) is 26.9 Å².